The van der Waals surface area contributed by atoms with Crippen LogP contribution in [0.4, 0.5) is 5.69 Å². The molecule has 6 heteroatoms. The molecule has 2 amide bonds. The van der Waals surface area contributed by atoms with Crippen molar-refractivity contribution in [3.05, 3.63) is 87.7 Å². The Balaban J connectivity index is 1.86. The molecule has 0 bridgehead atoms. The molecule has 2 N–H and O–H groups in total. The molecule has 0 unspecified atom stereocenters. The van der Waals surface area contributed by atoms with Crippen LogP contribution in [-0.2, 0) is 4.79 Å². The van der Waals surface area contributed by atoms with E-state index in [1.54, 1.807) is 30.3 Å². The SMILES string of the molecule is Cc1cccc(C(=O)N/C(=C\c2cccs2)C(=O)Nc2ccccc2OC(C)C)c1. The van der Waals surface area contributed by atoms with Gasteiger partial charge in [0, 0.05) is 10.4 Å². The van der Waals surface area contributed by atoms with Crippen LogP contribution >= 0.6 is 11.3 Å². The molecular weight excluding hydrogens is 396 g/mol. The number of carbonyl (C=O) groups is 2. The Labute approximate surface area is 180 Å². The lowest BCUT2D eigenvalue weighted by molar-refractivity contribution is -0.113. The van der Waals surface area contributed by atoms with Crippen molar-refractivity contribution in [1.82, 2.24) is 5.32 Å². The third kappa shape index (κ3) is 5.81. The molecule has 1 aromatic heterocycles. The molecule has 0 fully saturated rings. The highest BCUT2D eigenvalue weighted by atomic mass is 32.1. The van der Waals surface area contributed by atoms with Gasteiger partial charge in [0.15, 0.2) is 0 Å². The first kappa shape index (κ1) is 21.3. The van der Waals surface area contributed by atoms with Gasteiger partial charge in [0.25, 0.3) is 11.8 Å². The van der Waals surface area contributed by atoms with Crippen molar-refractivity contribution in [2.24, 2.45) is 0 Å². The summed E-state index contributed by atoms with van der Waals surface area (Å²) < 4.78 is 5.78. The zero-order valence-corrected chi connectivity index (χ0v) is 18.0. The first-order valence-corrected chi connectivity index (χ1v) is 10.5. The Morgan fingerprint density at radius 2 is 1.83 bits per heavy atom. The van der Waals surface area contributed by atoms with E-state index in [9.17, 15) is 9.59 Å². The number of benzene rings is 2. The van der Waals surface area contributed by atoms with E-state index < -0.39 is 5.91 Å². The van der Waals surface area contributed by atoms with Crippen LogP contribution in [0, 0.1) is 6.92 Å². The Bertz CT molecular complexity index is 1060. The fourth-order valence-electron chi connectivity index (χ4n) is 2.77. The topological polar surface area (TPSA) is 67.4 Å². The van der Waals surface area contributed by atoms with Gasteiger partial charge in [-0.1, -0.05) is 35.9 Å². The molecule has 0 spiro atoms. The Morgan fingerprint density at radius 1 is 1.03 bits per heavy atom. The number of ether oxygens (including phenoxy) is 1. The van der Waals surface area contributed by atoms with E-state index in [1.807, 2.05) is 62.5 Å². The highest BCUT2D eigenvalue weighted by Gasteiger charge is 2.17. The van der Waals surface area contributed by atoms with Crippen molar-refractivity contribution in [2.75, 3.05) is 5.32 Å². The van der Waals surface area contributed by atoms with Gasteiger partial charge in [-0.2, -0.15) is 0 Å². The number of rotatable bonds is 7. The molecule has 0 aliphatic heterocycles. The van der Waals surface area contributed by atoms with Crippen LogP contribution in [0.3, 0.4) is 0 Å². The van der Waals surface area contributed by atoms with Crippen molar-refractivity contribution in [3.63, 3.8) is 0 Å². The average Bonchev–Trinajstić information content (AvgIpc) is 3.21. The fourth-order valence-corrected chi connectivity index (χ4v) is 3.43. The molecule has 154 valence electrons. The molecule has 0 aliphatic carbocycles. The lowest BCUT2D eigenvalue weighted by Gasteiger charge is -2.16. The standard InChI is InChI=1S/C24H24N2O3S/c1-16(2)29-22-12-5-4-11-20(22)25-24(28)21(15-19-10-7-13-30-19)26-23(27)18-9-6-8-17(3)14-18/h4-16H,1-3H3,(H,25,28)(H,26,27)/b21-15-. The summed E-state index contributed by atoms with van der Waals surface area (Å²) in [6, 6.07) is 18.2. The molecule has 3 rings (SSSR count). The second kappa shape index (κ2) is 9.89. The van der Waals surface area contributed by atoms with Gasteiger partial charge in [0.2, 0.25) is 0 Å². The summed E-state index contributed by atoms with van der Waals surface area (Å²) in [5.41, 5.74) is 2.15. The number of carbonyl (C=O) groups excluding carboxylic acids is 2. The molecule has 0 saturated heterocycles. The number of hydrogen-bond acceptors (Lipinski definition) is 4. The minimum absolute atomic E-state index is 0.0368. The lowest BCUT2D eigenvalue weighted by atomic mass is 10.1. The summed E-state index contributed by atoms with van der Waals surface area (Å²) in [7, 11) is 0. The van der Waals surface area contributed by atoms with Gasteiger partial charge in [-0.15, -0.1) is 11.3 Å². The molecule has 2 aromatic carbocycles. The first-order chi connectivity index (χ1) is 14.4. The summed E-state index contributed by atoms with van der Waals surface area (Å²) in [4.78, 5) is 26.7. The third-order valence-electron chi connectivity index (χ3n) is 4.10. The zero-order valence-electron chi connectivity index (χ0n) is 17.1. The lowest BCUT2D eigenvalue weighted by Crippen LogP contribution is -2.31. The Hall–Kier alpha value is -3.38. The van der Waals surface area contributed by atoms with E-state index >= 15 is 0 Å². The maximum Gasteiger partial charge on any atom is 0.272 e. The molecule has 0 saturated carbocycles. The normalized spacial score (nSPS) is 11.3. The van der Waals surface area contributed by atoms with Crippen molar-refractivity contribution in [2.45, 2.75) is 26.9 Å². The molecule has 5 nitrogen and oxygen atoms in total. The van der Waals surface area contributed by atoms with E-state index in [4.69, 9.17) is 4.74 Å². The summed E-state index contributed by atoms with van der Waals surface area (Å²) in [6.45, 7) is 5.75. The number of para-hydroxylation sites is 2. The van der Waals surface area contributed by atoms with Crippen molar-refractivity contribution < 1.29 is 14.3 Å². The van der Waals surface area contributed by atoms with Crippen molar-refractivity contribution >= 4 is 34.9 Å². The molecule has 0 radical (unpaired) electrons. The predicted molar refractivity (Wildman–Crippen MR) is 122 cm³/mol. The van der Waals surface area contributed by atoms with Crippen LogP contribution in [0.1, 0.15) is 34.6 Å². The number of amides is 2. The van der Waals surface area contributed by atoms with Crippen molar-refractivity contribution in [3.8, 4) is 5.75 Å². The van der Waals surface area contributed by atoms with Crippen molar-refractivity contribution in [1.29, 1.82) is 0 Å². The minimum Gasteiger partial charge on any atom is -0.489 e. The summed E-state index contributed by atoms with van der Waals surface area (Å²) >= 11 is 1.48. The molecule has 3 aromatic rings. The predicted octanol–water partition coefficient (Wildman–Crippen LogP) is 5.25. The van der Waals surface area contributed by atoms with Gasteiger partial charge < -0.3 is 15.4 Å². The van der Waals surface area contributed by atoms with E-state index in [2.05, 4.69) is 10.6 Å². The minimum atomic E-state index is -0.427. The molecule has 0 aliphatic rings. The Morgan fingerprint density at radius 3 is 2.53 bits per heavy atom. The second-order valence-corrected chi connectivity index (χ2v) is 7.99. The second-order valence-electron chi connectivity index (χ2n) is 7.01. The van der Waals surface area contributed by atoms with E-state index in [1.165, 1.54) is 11.3 Å². The monoisotopic (exact) mass is 420 g/mol. The summed E-state index contributed by atoms with van der Waals surface area (Å²) in [5.74, 6) is -0.200. The largest absolute Gasteiger partial charge is 0.489 e. The number of anilines is 1. The number of aryl methyl sites for hydroxylation is 1. The summed E-state index contributed by atoms with van der Waals surface area (Å²) in [6.07, 6.45) is 1.63. The van der Waals surface area contributed by atoms with Crippen LogP contribution in [-0.4, -0.2) is 17.9 Å². The van der Waals surface area contributed by atoms with Crippen LogP contribution in [0.25, 0.3) is 6.08 Å². The number of nitrogens with one attached hydrogen (secondary N) is 2. The number of hydrogen-bond donors (Lipinski definition) is 2. The number of thiophene rings is 1. The van der Waals surface area contributed by atoms with Crippen LogP contribution in [0.2, 0.25) is 0 Å². The molecule has 30 heavy (non-hydrogen) atoms. The third-order valence-corrected chi connectivity index (χ3v) is 4.92. The highest BCUT2D eigenvalue weighted by Crippen LogP contribution is 2.25. The van der Waals surface area contributed by atoms with E-state index in [-0.39, 0.29) is 17.7 Å². The van der Waals surface area contributed by atoms with Gasteiger partial charge in [0.05, 0.1) is 11.8 Å². The van der Waals surface area contributed by atoms with Gasteiger partial charge in [-0.25, -0.2) is 0 Å². The van der Waals surface area contributed by atoms with Gasteiger partial charge in [0.1, 0.15) is 11.4 Å². The maximum absolute atomic E-state index is 13.1. The maximum atomic E-state index is 13.1. The average molecular weight is 421 g/mol. The van der Waals surface area contributed by atoms with Crippen LogP contribution in [0.5, 0.6) is 5.75 Å². The smallest absolute Gasteiger partial charge is 0.272 e. The van der Waals surface area contributed by atoms with Gasteiger partial charge in [-0.05, 0) is 62.6 Å². The zero-order chi connectivity index (χ0) is 21.5. The Kier molecular flexibility index (Phi) is 7.03. The molecule has 1 heterocycles. The van der Waals surface area contributed by atoms with Gasteiger partial charge in [-0.3, -0.25) is 9.59 Å². The quantitative estimate of drug-likeness (QED) is 0.513. The molecular formula is C24H24N2O3S. The summed E-state index contributed by atoms with van der Waals surface area (Å²) in [5, 5.41) is 7.52. The van der Waals surface area contributed by atoms with E-state index in [0.717, 1.165) is 10.4 Å². The highest BCUT2D eigenvalue weighted by molar-refractivity contribution is 7.10. The fraction of sp³-hybridized carbons (Fsp3) is 0.167. The van der Waals surface area contributed by atoms with E-state index in [0.29, 0.717) is 17.0 Å². The van der Waals surface area contributed by atoms with Gasteiger partial charge >= 0.3 is 0 Å². The van der Waals surface area contributed by atoms with Crippen LogP contribution in [0.15, 0.2) is 71.7 Å². The first-order valence-electron chi connectivity index (χ1n) is 9.62. The molecule has 0 atom stereocenters. The van der Waals surface area contributed by atoms with Crippen LogP contribution < -0.4 is 15.4 Å².